The molecule has 0 bridgehead atoms. The molecule has 0 aliphatic carbocycles. The van der Waals surface area contributed by atoms with Crippen LogP contribution in [0.2, 0.25) is 5.02 Å². The highest BCUT2D eigenvalue weighted by molar-refractivity contribution is 6.31. The molecule has 2 rings (SSSR count). The van der Waals surface area contributed by atoms with Crippen LogP contribution in [0.5, 0.6) is 0 Å². The van der Waals surface area contributed by atoms with Crippen molar-refractivity contribution in [2.24, 2.45) is 5.92 Å². The minimum atomic E-state index is -0.217. The van der Waals surface area contributed by atoms with Crippen LogP contribution in [-0.2, 0) is 4.79 Å². The first-order chi connectivity index (χ1) is 10.9. The van der Waals surface area contributed by atoms with Gasteiger partial charge in [0.2, 0.25) is 5.91 Å². The molecule has 2 amide bonds. The van der Waals surface area contributed by atoms with Gasteiger partial charge in [0.05, 0.1) is 11.3 Å². The van der Waals surface area contributed by atoms with Gasteiger partial charge in [-0.3, -0.25) is 9.59 Å². The summed E-state index contributed by atoms with van der Waals surface area (Å²) in [6.07, 6.45) is 1.59. The van der Waals surface area contributed by atoms with Crippen molar-refractivity contribution in [3.8, 4) is 0 Å². The van der Waals surface area contributed by atoms with Crippen LogP contribution in [-0.4, -0.2) is 30.4 Å². The second-order valence-corrected chi connectivity index (χ2v) is 6.82. The van der Waals surface area contributed by atoms with E-state index in [1.807, 2.05) is 13.8 Å². The molecular weight excluding hydrogens is 314 g/mol. The summed E-state index contributed by atoms with van der Waals surface area (Å²) in [4.78, 5) is 24.8. The Kier molecular flexibility index (Phi) is 6.02. The average molecular weight is 338 g/mol. The third kappa shape index (κ3) is 4.94. The lowest BCUT2D eigenvalue weighted by atomic mass is 9.92. The molecule has 0 radical (unpaired) electrons. The number of amides is 2. The molecule has 1 heterocycles. The summed E-state index contributed by atoms with van der Waals surface area (Å²) in [6, 6.07) is 5.26. The molecule has 1 aromatic carbocycles. The highest BCUT2D eigenvalue weighted by Crippen LogP contribution is 2.24. The van der Waals surface area contributed by atoms with Crippen LogP contribution < -0.4 is 16.0 Å². The SMILES string of the molecule is CC(C)NC(=O)c1ccc(Cl)cc1NC(=O)[C@H]1CCN[C@@H](C)C1. The normalized spacial score (nSPS) is 21.1. The maximum Gasteiger partial charge on any atom is 0.253 e. The summed E-state index contributed by atoms with van der Waals surface area (Å²) >= 11 is 6.03. The highest BCUT2D eigenvalue weighted by Gasteiger charge is 2.25. The van der Waals surface area contributed by atoms with Gasteiger partial charge in [-0.2, -0.15) is 0 Å². The number of carbonyl (C=O) groups is 2. The van der Waals surface area contributed by atoms with Gasteiger partial charge < -0.3 is 16.0 Å². The fraction of sp³-hybridized carbons (Fsp3) is 0.529. The van der Waals surface area contributed by atoms with Gasteiger partial charge in [-0.05, 0) is 58.4 Å². The summed E-state index contributed by atoms with van der Waals surface area (Å²) < 4.78 is 0. The Bertz CT molecular complexity index is 589. The Morgan fingerprint density at radius 1 is 1.35 bits per heavy atom. The van der Waals surface area contributed by atoms with Gasteiger partial charge >= 0.3 is 0 Å². The van der Waals surface area contributed by atoms with Crippen molar-refractivity contribution in [1.82, 2.24) is 10.6 Å². The monoisotopic (exact) mass is 337 g/mol. The smallest absolute Gasteiger partial charge is 0.253 e. The summed E-state index contributed by atoms with van der Waals surface area (Å²) in [6.45, 7) is 6.68. The number of piperidine rings is 1. The first-order valence-corrected chi connectivity index (χ1v) is 8.39. The molecule has 6 heteroatoms. The molecule has 1 saturated heterocycles. The molecule has 5 nitrogen and oxygen atoms in total. The van der Waals surface area contributed by atoms with Crippen LogP contribution in [0.4, 0.5) is 5.69 Å². The van der Waals surface area contributed by atoms with Gasteiger partial charge in [0.1, 0.15) is 0 Å². The molecule has 1 aliphatic heterocycles. The number of benzene rings is 1. The molecule has 0 aromatic heterocycles. The molecule has 0 spiro atoms. The maximum absolute atomic E-state index is 12.5. The molecule has 2 atom stereocenters. The van der Waals surface area contributed by atoms with Crippen LogP contribution >= 0.6 is 11.6 Å². The third-order valence-corrected chi connectivity index (χ3v) is 4.13. The van der Waals surface area contributed by atoms with Crippen molar-refractivity contribution in [1.29, 1.82) is 0 Å². The number of halogens is 1. The van der Waals surface area contributed by atoms with Gasteiger partial charge in [0.15, 0.2) is 0 Å². The van der Waals surface area contributed by atoms with Crippen molar-refractivity contribution in [3.63, 3.8) is 0 Å². The second kappa shape index (κ2) is 7.79. The summed E-state index contributed by atoms with van der Waals surface area (Å²) in [5.74, 6) is -0.323. The Labute approximate surface area is 142 Å². The first kappa shape index (κ1) is 17.8. The van der Waals surface area contributed by atoms with Crippen molar-refractivity contribution in [3.05, 3.63) is 28.8 Å². The van der Waals surface area contributed by atoms with E-state index in [1.165, 1.54) is 0 Å². The molecule has 23 heavy (non-hydrogen) atoms. The van der Waals surface area contributed by atoms with E-state index in [2.05, 4.69) is 22.9 Å². The minimum Gasteiger partial charge on any atom is -0.350 e. The molecule has 1 aromatic rings. The zero-order chi connectivity index (χ0) is 17.0. The van der Waals surface area contributed by atoms with Crippen molar-refractivity contribution < 1.29 is 9.59 Å². The zero-order valence-corrected chi connectivity index (χ0v) is 14.5. The van der Waals surface area contributed by atoms with E-state index < -0.39 is 0 Å². The van der Waals surface area contributed by atoms with E-state index in [0.717, 1.165) is 19.4 Å². The predicted octanol–water partition coefficient (Wildman–Crippen LogP) is 2.80. The summed E-state index contributed by atoms with van der Waals surface area (Å²) in [5.41, 5.74) is 0.894. The van der Waals surface area contributed by atoms with Crippen LogP contribution in [0.25, 0.3) is 0 Å². The van der Waals surface area contributed by atoms with Gasteiger partial charge in [-0.25, -0.2) is 0 Å². The molecule has 126 valence electrons. The van der Waals surface area contributed by atoms with E-state index in [9.17, 15) is 9.59 Å². The standard InChI is InChI=1S/C17H24ClN3O2/c1-10(2)20-17(23)14-5-4-13(18)9-15(14)21-16(22)12-6-7-19-11(3)8-12/h4-5,9-12,19H,6-8H2,1-3H3,(H,20,23)(H,21,22)/t11-,12-/m0/s1. The lowest BCUT2D eigenvalue weighted by Crippen LogP contribution is -2.40. The summed E-state index contributed by atoms with van der Waals surface area (Å²) in [5, 5.41) is 9.53. The van der Waals surface area contributed by atoms with Crippen LogP contribution in [0.1, 0.15) is 44.0 Å². The number of hydrogen-bond donors (Lipinski definition) is 3. The summed E-state index contributed by atoms with van der Waals surface area (Å²) in [7, 11) is 0. The third-order valence-electron chi connectivity index (χ3n) is 3.90. The van der Waals surface area contributed by atoms with Gasteiger partial charge in [-0.15, -0.1) is 0 Å². The van der Waals surface area contributed by atoms with E-state index in [0.29, 0.717) is 22.3 Å². The van der Waals surface area contributed by atoms with E-state index in [4.69, 9.17) is 11.6 Å². The lowest BCUT2D eigenvalue weighted by molar-refractivity contribution is -0.120. The predicted molar refractivity (Wildman–Crippen MR) is 92.9 cm³/mol. The molecule has 1 aliphatic rings. The molecule has 1 fully saturated rings. The Morgan fingerprint density at radius 2 is 2.09 bits per heavy atom. The van der Waals surface area contributed by atoms with Crippen LogP contribution in [0.15, 0.2) is 18.2 Å². The largest absolute Gasteiger partial charge is 0.350 e. The number of nitrogens with one attached hydrogen (secondary N) is 3. The second-order valence-electron chi connectivity index (χ2n) is 6.38. The average Bonchev–Trinajstić information content (AvgIpc) is 2.46. The molecular formula is C17H24ClN3O2. The maximum atomic E-state index is 12.5. The number of carbonyl (C=O) groups excluding carboxylic acids is 2. The quantitative estimate of drug-likeness (QED) is 0.791. The Morgan fingerprint density at radius 3 is 2.74 bits per heavy atom. The van der Waals surface area contributed by atoms with Crippen molar-refractivity contribution in [2.75, 3.05) is 11.9 Å². The van der Waals surface area contributed by atoms with E-state index >= 15 is 0 Å². The topological polar surface area (TPSA) is 70.2 Å². The number of anilines is 1. The first-order valence-electron chi connectivity index (χ1n) is 8.01. The fourth-order valence-electron chi connectivity index (χ4n) is 2.76. The van der Waals surface area contributed by atoms with Crippen LogP contribution in [0, 0.1) is 5.92 Å². The zero-order valence-electron chi connectivity index (χ0n) is 13.8. The highest BCUT2D eigenvalue weighted by atomic mass is 35.5. The number of hydrogen-bond acceptors (Lipinski definition) is 3. The van der Waals surface area contributed by atoms with Crippen molar-refractivity contribution >= 4 is 29.1 Å². The molecule has 0 unspecified atom stereocenters. The van der Waals surface area contributed by atoms with Gasteiger partial charge in [0.25, 0.3) is 5.91 Å². The Balaban J connectivity index is 2.16. The Hall–Kier alpha value is -1.59. The molecule has 0 saturated carbocycles. The fourth-order valence-corrected chi connectivity index (χ4v) is 2.93. The van der Waals surface area contributed by atoms with Crippen molar-refractivity contribution in [2.45, 2.75) is 45.7 Å². The lowest BCUT2D eigenvalue weighted by Gasteiger charge is -2.27. The van der Waals surface area contributed by atoms with E-state index in [1.54, 1.807) is 18.2 Å². The van der Waals surface area contributed by atoms with Gasteiger partial charge in [0, 0.05) is 23.0 Å². The molecule has 3 N–H and O–H groups in total. The number of rotatable bonds is 4. The van der Waals surface area contributed by atoms with Crippen LogP contribution in [0.3, 0.4) is 0 Å². The minimum absolute atomic E-state index is 0.0204. The van der Waals surface area contributed by atoms with E-state index in [-0.39, 0.29) is 23.8 Å². The van der Waals surface area contributed by atoms with Gasteiger partial charge in [-0.1, -0.05) is 11.6 Å².